The minimum absolute atomic E-state index is 0.235. The predicted octanol–water partition coefficient (Wildman–Crippen LogP) is 0.535. The molecule has 86 valence electrons. The summed E-state index contributed by atoms with van der Waals surface area (Å²) < 4.78 is 0. The van der Waals surface area contributed by atoms with Gasteiger partial charge in [-0.15, -0.1) is 0 Å². The number of carbonyl (C=O) groups is 1. The number of rotatable bonds is 6. The van der Waals surface area contributed by atoms with E-state index in [9.17, 15) is 4.79 Å². The molecule has 4 heteroatoms. The highest BCUT2D eigenvalue weighted by Crippen LogP contribution is 2.31. The first-order valence-corrected chi connectivity index (χ1v) is 5.92. The van der Waals surface area contributed by atoms with E-state index in [1.54, 1.807) is 0 Å². The number of hydrogen-bond donors (Lipinski definition) is 2. The molecule has 1 aliphatic heterocycles. The third-order valence-corrected chi connectivity index (χ3v) is 3.33. The van der Waals surface area contributed by atoms with Crippen LogP contribution in [0.2, 0.25) is 0 Å². The molecule has 0 spiro atoms. The second-order valence-electron chi connectivity index (χ2n) is 4.73. The van der Waals surface area contributed by atoms with Crippen molar-refractivity contribution in [1.29, 1.82) is 0 Å². The van der Waals surface area contributed by atoms with Crippen molar-refractivity contribution in [2.75, 3.05) is 26.2 Å². The summed E-state index contributed by atoms with van der Waals surface area (Å²) in [6.07, 6.45) is 4.29. The highest BCUT2D eigenvalue weighted by molar-refractivity contribution is 5.66. The Labute approximate surface area is 90.6 Å². The number of carboxylic acid groups (broad SMARTS) is 1. The molecule has 1 saturated heterocycles. The molecule has 2 fully saturated rings. The van der Waals surface area contributed by atoms with Gasteiger partial charge in [0.05, 0.1) is 6.42 Å². The largest absolute Gasteiger partial charge is 0.481 e. The van der Waals surface area contributed by atoms with Gasteiger partial charge in [0.1, 0.15) is 0 Å². The van der Waals surface area contributed by atoms with Crippen molar-refractivity contribution < 1.29 is 9.90 Å². The molecule has 0 aromatic rings. The van der Waals surface area contributed by atoms with E-state index in [1.165, 1.54) is 32.4 Å². The summed E-state index contributed by atoms with van der Waals surface area (Å²) in [6.45, 7) is 4.05. The molecule has 1 saturated carbocycles. The van der Waals surface area contributed by atoms with Crippen molar-refractivity contribution in [2.24, 2.45) is 5.92 Å². The van der Waals surface area contributed by atoms with E-state index in [1.807, 2.05) is 0 Å². The van der Waals surface area contributed by atoms with Crippen LogP contribution in [0.5, 0.6) is 0 Å². The van der Waals surface area contributed by atoms with Crippen LogP contribution in [0.15, 0.2) is 0 Å². The van der Waals surface area contributed by atoms with Crippen LogP contribution in [0.1, 0.15) is 25.7 Å². The Balaban J connectivity index is 1.54. The van der Waals surface area contributed by atoms with E-state index in [-0.39, 0.29) is 6.42 Å². The van der Waals surface area contributed by atoms with Crippen LogP contribution in [-0.2, 0) is 4.79 Å². The SMILES string of the molecule is O=C(O)CCNCC1CCN(C2CC2)C1. The van der Waals surface area contributed by atoms with Crippen molar-refractivity contribution in [1.82, 2.24) is 10.2 Å². The standard InChI is InChI=1S/C11H20N2O2/c14-11(15)3-5-12-7-9-4-6-13(8-9)10-1-2-10/h9-10,12H,1-8H2,(H,14,15). The number of hydrogen-bond acceptors (Lipinski definition) is 3. The zero-order valence-electron chi connectivity index (χ0n) is 9.11. The summed E-state index contributed by atoms with van der Waals surface area (Å²) in [5.74, 6) is 0.0212. The fraction of sp³-hybridized carbons (Fsp3) is 0.909. The number of nitrogens with zero attached hydrogens (tertiary/aromatic N) is 1. The minimum Gasteiger partial charge on any atom is -0.481 e. The summed E-state index contributed by atoms with van der Waals surface area (Å²) in [6, 6.07) is 0.883. The maximum atomic E-state index is 10.3. The van der Waals surface area contributed by atoms with Crippen molar-refractivity contribution in [2.45, 2.75) is 31.7 Å². The minimum atomic E-state index is -0.714. The number of carboxylic acids is 1. The molecule has 1 aliphatic carbocycles. The van der Waals surface area contributed by atoms with Gasteiger partial charge >= 0.3 is 5.97 Å². The van der Waals surface area contributed by atoms with Gasteiger partial charge in [-0.25, -0.2) is 0 Å². The molecule has 15 heavy (non-hydrogen) atoms. The number of likely N-dealkylation sites (tertiary alicyclic amines) is 1. The maximum absolute atomic E-state index is 10.3. The highest BCUT2D eigenvalue weighted by atomic mass is 16.4. The third-order valence-electron chi connectivity index (χ3n) is 3.33. The molecule has 4 nitrogen and oxygen atoms in total. The van der Waals surface area contributed by atoms with Gasteiger partial charge in [0.2, 0.25) is 0 Å². The lowest BCUT2D eigenvalue weighted by atomic mass is 10.1. The van der Waals surface area contributed by atoms with Gasteiger partial charge in [0.25, 0.3) is 0 Å². The van der Waals surface area contributed by atoms with Crippen molar-refractivity contribution in [3.63, 3.8) is 0 Å². The Morgan fingerprint density at radius 2 is 2.20 bits per heavy atom. The smallest absolute Gasteiger partial charge is 0.304 e. The highest BCUT2D eigenvalue weighted by Gasteiger charge is 2.33. The predicted molar refractivity (Wildman–Crippen MR) is 57.8 cm³/mol. The van der Waals surface area contributed by atoms with Crippen LogP contribution >= 0.6 is 0 Å². The van der Waals surface area contributed by atoms with Gasteiger partial charge in [-0.1, -0.05) is 0 Å². The van der Waals surface area contributed by atoms with Gasteiger partial charge in [-0.2, -0.15) is 0 Å². The van der Waals surface area contributed by atoms with Crippen LogP contribution < -0.4 is 5.32 Å². The van der Waals surface area contributed by atoms with Crippen LogP contribution in [-0.4, -0.2) is 48.2 Å². The second-order valence-corrected chi connectivity index (χ2v) is 4.73. The first-order valence-electron chi connectivity index (χ1n) is 5.92. The molecular formula is C11H20N2O2. The van der Waals surface area contributed by atoms with Crippen LogP contribution in [0, 0.1) is 5.92 Å². The lowest BCUT2D eigenvalue weighted by molar-refractivity contribution is -0.136. The average molecular weight is 212 g/mol. The first kappa shape index (κ1) is 10.9. The van der Waals surface area contributed by atoms with E-state index in [2.05, 4.69) is 10.2 Å². The Bertz CT molecular complexity index is 229. The molecule has 0 aromatic carbocycles. The maximum Gasteiger partial charge on any atom is 0.304 e. The summed E-state index contributed by atoms with van der Waals surface area (Å²) >= 11 is 0. The fourth-order valence-electron chi connectivity index (χ4n) is 2.30. The van der Waals surface area contributed by atoms with Gasteiger partial charge in [0.15, 0.2) is 0 Å². The second kappa shape index (κ2) is 4.94. The molecule has 0 radical (unpaired) electrons. The van der Waals surface area contributed by atoms with Crippen molar-refractivity contribution in [3.05, 3.63) is 0 Å². The van der Waals surface area contributed by atoms with Gasteiger partial charge < -0.3 is 15.3 Å². The zero-order valence-corrected chi connectivity index (χ0v) is 9.11. The number of nitrogens with one attached hydrogen (secondary N) is 1. The first-order chi connectivity index (χ1) is 7.25. The van der Waals surface area contributed by atoms with E-state index in [0.29, 0.717) is 6.54 Å². The van der Waals surface area contributed by atoms with Crippen LogP contribution in [0.3, 0.4) is 0 Å². The normalized spacial score (nSPS) is 27.1. The molecule has 1 unspecified atom stereocenters. The summed E-state index contributed by atoms with van der Waals surface area (Å²) in [5, 5.41) is 11.7. The average Bonchev–Trinajstić information content (AvgIpc) is 2.94. The Morgan fingerprint density at radius 3 is 2.87 bits per heavy atom. The monoisotopic (exact) mass is 212 g/mol. The molecule has 0 aromatic heterocycles. The summed E-state index contributed by atoms with van der Waals surface area (Å²) in [5.41, 5.74) is 0. The lowest BCUT2D eigenvalue weighted by Crippen LogP contribution is -2.28. The fourth-order valence-corrected chi connectivity index (χ4v) is 2.30. The van der Waals surface area contributed by atoms with Crippen LogP contribution in [0.4, 0.5) is 0 Å². The molecule has 1 heterocycles. The Kier molecular flexibility index (Phi) is 3.59. The molecule has 2 aliphatic rings. The van der Waals surface area contributed by atoms with Gasteiger partial charge in [0, 0.05) is 19.1 Å². The Morgan fingerprint density at radius 1 is 1.40 bits per heavy atom. The van der Waals surface area contributed by atoms with E-state index < -0.39 is 5.97 Å². The molecule has 2 rings (SSSR count). The lowest BCUT2D eigenvalue weighted by Gasteiger charge is -2.14. The van der Waals surface area contributed by atoms with Crippen LogP contribution in [0.25, 0.3) is 0 Å². The zero-order chi connectivity index (χ0) is 10.7. The van der Waals surface area contributed by atoms with E-state index >= 15 is 0 Å². The quantitative estimate of drug-likeness (QED) is 0.631. The summed E-state index contributed by atoms with van der Waals surface area (Å²) in [4.78, 5) is 12.9. The van der Waals surface area contributed by atoms with E-state index in [0.717, 1.165) is 18.5 Å². The third kappa shape index (κ3) is 3.47. The van der Waals surface area contributed by atoms with E-state index in [4.69, 9.17) is 5.11 Å². The Hall–Kier alpha value is -0.610. The molecule has 2 N–H and O–H groups in total. The molecule has 0 amide bonds. The molecular weight excluding hydrogens is 192 g/mol. The molecule has 1 atom stereocenters. The van der Waals surface area contributed by atoms with Crippen molar-refractivity contribution in [3.8, 4) is 0 Å². The van der Waals surface area contributed by atoms with Gasteiger partial charge in [-0.3, -0.25) is 4.79 Å². The molecule has 0 bridgehead atoms. The topological polar surface area (TPSA) is 52.6 Å². The van der Waals surface area contributed by atoms with Gasteiger partial charge in [-0.05, 0) is 38.3 Å². The number of aliphatic carboxylic acids is 1. The summed E-state index contributed by atoms with van der Waals surface area (Å²) in [7, 11) is 0. The van der Waals surface area contributed by atoms with Crippen molar-refractivity contribution >= 4 is 5.97 Å².